The molecule has 1 saturated heterocycles. The lowest BCUT2D eigenvalue weighted by Crippen LogP contribution is -2.50. The van der Waals surface area contributed by atoms with Gasteiger partial charge in [0.2, 0.25) is 11.8 Å². The smallest absolute Gasteiger partial charge is 0.239 e. The van der Waals surface area contributed by atoms with Gasteiger partial charge in [-0.05, 0) is 44.7 Å². The number of nitrogens with one attached hydrogen (secondary N) is 1. The predicted octanol–water partition coefficient (Wildman–Crippen LogP) is 3.05. The van der Waals surface area contributed by atoms with Gasteiger partial charge in [0.25, 0.3) is 0 Å². The van der Waals surface area contributed by atoms with E-state index >= 15 is 0 Å². The number of piperidine rings is 1. The van der Waals surface area contributed by atoms with E-state index in [0.29, 0.717) is 19.0 Å². The fraction of sp³-hybridized carbons (Fsp3) is 0.529. The molecule has 2 amide bonds. The molecule has 1 unspecified atom stereocenters. The Balaban J connectivity index is 2.09. The average molecular weight is 306 g/mol. The SMILES string of the molecule is CC1CCCN(C(=O)C(C)(C)C(=O)Nc2ccccc2F)C1. The molecule has 0 aromatic heterocycles. The van der Waals surface area contributed by atoms with Crippen molar-refractivity contribution < 1.29 is 14.0 Å². The van der Waals surface area contributed by atoms with E-state index in [1.165, 1.54) is 12.1 Å². The van der Waals surface area contributed by atoms with Gasteiger partial charge in [-0.25, -0.2) is 4.39 Å². The minimum atomic E-state index is -1.22. The van der Waals surface area contributed by atoms with Crippen molar-refractivity contribution in [3.8, 4) is 0 Å². The third-order valence-electron chi connectivity index (χ3n) is 4.17. The summed E-state index contributed by atoms with van der Waals surface area (Å²) < 4.78 is 13.6. The van der Waals surface area contributed by atoms with Gasteiger partial charge >= 0.3 is 0 Å². The van der Waals surface area contributed by atoms with Gasteiger partial charge in [0.1, 0.15) is 11.2 Å². The van der Waals surface area contributed by atoms with Crippen molar-refractivity contribution >= 4 is 17.5 Å². The number of nitrogens with zero attached hydrogens (tertiary/aromatic N) is 1. The number of carbonyl (C=O) groups is 2. The lowest BCUT2D eigenvalue weighted by Gasteiger charge is -2.36. The van der Waals surface area contributed by atoms with E-state index in [2.05, 4.69) is 12.2 Å². The van der Waals surface area contributed by atoms with Crippen molar-refractivity contribution in [2.45, 2.75) is 33.6 Å². The summed E-state index contributed by atoms with van der Waals surface area (Å²) in [4.78, 5) is 26.8. The van der Waals surface area contributed by atoms with Crippen LogP contribution in [0.2, 0.25) is 0 Å². The van der Waals surface area contributed by atoms with E-state index in [1.54, 1.807) is 30.9 Å². The first kappa shape index (κ1) is 16.5. The van der Waals surface area contributed by atoms with E-state index in [-0.39, 0.29) is 11.6 Å². The monoisotopic (exact) mass is 306 g/mol. The molecule has 22 heavy (non-hydrogen) atoms. The van der Waals surface area contributed by atoms with Crippen molar-refractivity contribution in [3.05, 3.63) is 30.1 Å². The van der Waals surface area contributed by atoms with Crippen LogP contribution in [0.5, 0.6) is 0 Å². The number of carbonyl (C=O) groups excluding carboxylic acids is 2. The van der Waals surface area contributed by atoms with Crippen molar-refractivity contribution in [2.75, 3.05) is 18.4 Å². The summed E-state index contributed by atoms with van der Waals surface area (Å²) in [7, 11) is 0. The van der Waals surface area contributed by atoms with Crippen LogP contribution in [-0.2, 0) is 9.59 Å². The van der Waals surface area contributed by atoms with E-state index in [1.807, 2.05) is 0 Å². The van der Waals surface area contributed by atoms with E-state index in [4.69, 9.17) is 0 Å². The first-order chi connectivity index (χ1) is 10.3. The maximum Gasteiger partial charge on any atom is 0.239 e. The molecule has 120 valence electrons. The van der Waals surface area contributed by atoms with Crippen molar-refractivity contribution in [1.29, 1.82) is 0 Å². The van der Waals surface area contributed by atoms with Crippen LogP contribution in [0.3, 0.4) is 0 Å². The molecule has 1 atom stereocenters. The van der Waals surface area contributed by atoms with Gasteiger partial charge < -0.3 is 10.2 Å². The third kappa shape index (κ3) is 3.46. The Labute approximate surface area is 130 Å². The molecule has 0 spiro atoms. The van der Waals surface area contributed by atoms with Crippen molar-refractivity contribution in [3.63, 3.8) is 0 Å². The molecule has 2 rings (SSSR count). The Kier molecular flexibility index (Phi) is 4.84. The van der Waals surface area contributed by atoms with Crippen LogP contribution in [0.15, 0.2) is 24.3 Å². The highest BCUT2D eigenvalue weighted by Gasteiger charge is 2.40. The second-order valence-electron chi connectivity index (χ2n) is 6.56. The summed E-state index contributed by atoms with van der Waals surface area (Å²) in [6, 6.07) is 5.95. The Morgan fingerprint density at radius 3 is 2.64 bits per heavy atom. The lowest BCUT2D eigenvalue weighted by molar-refractivity contribution is -0.147. The lowest BCUT2D eigenvalue weighted by atomic mass is 9.88. The number of rotatable bonds is 3. The largest absolute Gasteiger partial charge is 0.342 e. The molecule has 1 aliphatic rings. The molecule has 1 aliphatic heterocycles. The minimum absolute atomic E-state index is 0.0976. The summed E-state index contributed by atoms with van der Waals surface area (Å²) in [5, 5.41) is 2.52. The fourth-order valence-electron chi connectivity index (χ4n) is 2.71. The molecule has 0 radical (unpaired) electrons. The van der Waals surface area contributed by atoms with Crippen LogP contribution in [-0.4, -0.2) is 29.8 Å². The third-order valence-corrected chi connectivity index (χ3v) is 4.17. The van der Waals surface area contributed by atoms with Crippen LogP contribution in [0.4, 0.5) is 10.1 Å². The molecule has 0 saturated carbocycles. The number of amides is 2. The van der Waals surface area contributed by atoms with Crippen molar-refractivity contribution in [1.82, 2.24) is 4.90 Å². The molecule has 4 nitrogen and oxygen atoms in total. The standard InChI is InChI=1S/C17H23FN2O2/c1-12-7-6-10-20(11-12)16(22)17(2,3)15(21)19-14-9-5-4-8-13(14)18/h4-5,8-9,12H,6-7,10-11H2,1-3H3,(H,19,21). The number of anilines is 1. The van der Waals surface area contributed by atoms with Gasteiger partial charge in [-0.15, -0.1) is 0 Å². The maximum atomic E-state index is 13.6. The Morgan fingerprint density at radius 2 is 2.00 bits per heavy atom. The Morgan fingerprint density at radius 1 is 1.32 bits per heavy atom. The molecule has 1 heterocycles. The van der Waals surface area contributed by atoms with Crippen LogP contribution < -0.4 is 5.32 Å². The summed E-state index contributed by atoms with van der Waals surface area (Å²) >= 11 is 0. The average Bonchev–Trinajstić information content (AvgIpc) is 2.48. The molecule has 1 aromatic carbocycles. The molecule has 5 heteroatoms. The zero-order chi connectivity index (χ0) is 16.3. The topological polar surface area (TPSA) is 49.4 Å². The number of likely N-dealkylation sites (tertiary alicyclic amines) is 1. The second-order valence-corrected chi connectivity index (χ2v) is 6.56. The molecule has 1 fully saturated rings. The summed E-state index contributed by atoms with van der Waals surface area (Å²) in [5.74, 6) is -0.748. The highest BCUT2D eigenvalue weighted by molar-refractivity contribution is 6.09. The second kappa shape index (κ2) is 6.46. The molecule has 1 aromatic rings. The number of benzene rings is 1. The van der Waals surface area contributed by atoms with Crippen LogP contribution in [0.1, 0.15) is 33.6 Å². The number of para-hydroxylation sites is 1. The van der Waals surface area contributed by atoms with E-state index in [0.717, 1.165) is 12.8 Å². The fourth-order valence-corrected chi connectivity index (χ4v) is 2.71. The summed E-state index contributed by atoms with van der Waals surface area (Å²) in [6.45, 7) is 6.64. The first-order valence-electron chi connectivity index (χ1n) is 7.67. The van der Waals surface area contributed by atoms with Crippen LogP contribution >= 0.6 is 0 Å². The van der Waals surface area contributed by atoms with Crippen LogP contribution in [0, 0.1) is 17.2 Å². The van der Waals surface area contributed by atoms with Crippen LogP contribution in [0.25, 0.3) is 0 Å². The molecule has 0 bridgehead atoms. The highest BCUT2D eigenvalue weighted by atomic mass is 19.1. The highest BCUT2D eigenvalue weighted by Crippen LogP contribution is 2.26. The Bertz CT molecular complexity index is 572. The quantitative estimate of drug-likeness (QED) is 0.873. The van der Waals surface area contributed by atoms with Gasteiger partial charge in [0.15, 0.2) is 0 Å². The first-order valence-corrected chi connectivity index (χ1v) is 7.67. The molecule has 0 aliphatic carbocycles. The molecular weight excluding hydrogens is 283 g/mol. The zero-order valence-electron chi connectivity index (χ0n) is 13.4. The minimum Gasteiger partial charge on any atom is -0.342 e. The summed E-state index contributed by atoms with van der Waals surface area (Å²) in [5.41, 5.74) is -1.13. The number of halogens is 1. The van der Waals surface area contributed by atoms with Gasteiger partial charge in [-0.3, -0.25) is 9.59 Å². The van der Waals surface area contributed by atoms with Crippen molar-refractivity contribution in [2.24, 2.45) is 11.3 Å². The maximum absolute atomic E-state index is 13.6. The molecule has 1 N–H and O–H groups in total. The molecular formula is C17H23FN2O2. The predicted molar refractivity (Wildman–Crippen MR) is 83.8 cm³/mol. The summed E-state index contributed by atoms with van der Waals surface area (Å²) in [6.07, 6.45) is 2.06. The number of hydrogen-bond donors (Lipinski definition) is 1. The zero-order valence-corrected chi connectivity index (χ0v) is 13.4. The Hall–Kier alpha value is -1.91. The number of hydrogen-bond acceptors (Lipinski definition) is 2. The normalized spacial score (nSPS) is 18.9. The van der Waals surface area contributed by atoms with Gasteiger partial charge in [-0.2, -0.15) is 0 Å². The van der Waals surface area contributed by atoms with E-state index in [9.17, 15) is 14.0 Å². The van der Waals surface area contributed by atoms with Gasteiger partial charge in [0.05, 0.1) is 5.69 Å². The van der Waals surface area contributed by atoms with Gasteiger partial charge in [-0.1, -0.05) is 19.1 Å². The van der Waals surface area contributed by atoms with E-state index < -0.39 is 17.1 Å². The van der Waals surface area contributed by atoms with Gasteiger partial charge in [0, 0.05) is 13.1 Å².